The Labute approximate surface area is 152 Å². The number of nitrogens with zero attached hydrogens (tertiary/aromatic N) is 2. The van der Waals surface area contributed by atoms with Crippen LogP contribution in [0.15, 0.2) is 35.1 Å². The number of benzene rings is 1. The number of carbonyl (C=O) groups excluding carboxylic acids is 1. The van der Waals surface area contributed by atoms with Gasteiger partial charge in [0.05, 0.1) is 10.9 Å². The van der Waals surface area contributed by atoms with Crippen molar-refractivity contribution >= 4 is 39.1 Å². The van der Waals surface area contributed by atoms with E-state index in [-0.39, 0.29) is 23.6 Å². The van der Waals surface area contributed by atoms with E-state index >= 15 is 0 Å². The van der Waals surface area contributed by atoms with Crippen LogP contribution in [0.2, 0.25) is 0 Å². The number of thiophene rings is 1. The standard InChI is InChI=1S/C18H17N3O4S/c1-3-13-8-14-16(26-13)19-10(2)21(17(14)23)9-15(22)20-12-6-4-11(5-7-12)18(24)25/h4-8H,3,9H2,1-2H3,(H,20,22)(H,24,25). The van der Waals surface area contributed by atoms with Crippen LogP contribution in [0.1, 0.15) is 28.0 Å². The lowest BCUT2D eigenvalue weighted by molar-refractivity contribution is -0.116. The number of anilines is 1. The summed E-state index contributed by atoms with van der Waals surface area (Å²) in [5, 5.41) is 12.1. The lowest BCUT2D eigenvalue weighted by Crippen LogP contribution is -2.29. The molecule has 134 valence electrons. The second-order valence-electron chi connectivity index (χ2n) is 5.77. The summed E-state index contributed by atoms with van der Waals surface area (Å²) in [6, 6.07) is 7.64. The molecule has 0 radical (unpaired) electrons. The van der Waals surface area contributed by atoms with E-state index in [0.717, 1.165) is 11.3 Å². The molecule has 7 nitrogen and oxygen atoms in total. The number of nitrogens with one attached hydrogen (secondary N) is 1. The van der Waals surface area contributed by atoms with Crippen LogP contribution in [-0.2, 0) is 17.8 Å². The van der Waals surface area contributed by atoms with Crippen LogP contribution in [0.4, 0.5) is 5.69 Å². The molecule has 0 aliphatic rings. The van der Waals surface area contributed by atoms with E-state index < -0.39 is 5.97 Å². The maximum atomic E-state index is 12.7. The average Bonchev–Trinajstić information content (AvgIpc) is 3.02. The highest BCUT2D eigenvalue weighted by Crippen LogP contribution is 2.22. The van der Waals surface area contributed by atoms with Crippen LogP contribution in [0, 0.1) is 6.92 Å². The Bertz CT molecular complexity index is 1050. The van der Waals surface area contributed by atoms with Gasteiger partial charge in [0.1, 0.15) is 17.2 Å². The largest absolute Gasteiger partial charge is 0.478 e. The maximum absolute atomic E-state index is 12.7. The van der Waals surface area contributed by atoms with Crippen LogP contribution in [0.5, 0.6) is 0 Å². The molecule has 3 aromatic rings. The summed E-state index contributed by atoms with van der Waals surface area (Å²) in [5.74, 6) is -0.944. The van der Waals surface area contributed by atoms with Crippen molar-refractivity contribution in [2.75, 3.05) is 5.32 Å². The van der Waals surface area contributed by atoms with Gasteiger partial charge < -0.3 is 10.4 Å². The summed E-state index contributed by atoms with van der Waals surface area (Å²) < 4.78 is 1.34. The first-order chi connectivity index (χ1) is 12.4. The third-order valence-corrected chi connectivity index (χ3v) is 5.13. The van der Waals surface area contributed by atoms with Gasteiger partial charge in [0.25, 0.3) is 5.56 Å². The Kier molecular flexibility index (Phi) is 4.85. The first-order valence-electron chi connectivity index (χ1n) is 8.02. The van der Waals surface area contributed by atoms with Gasteiger partial charge in [-0.05, 0) is 43.7 Å². The Hall–Kier alpha value is -3.00. The molecule has 2 heterocycles. The third kappa shape index (κ3) is 3.50. The van der Waals surface area contributed by atoms with Crippen LogP contribution < -0.4 is 10.9 Å². The lowest BCUT2D eigenvalue weighted by atomic mass is 10.2. The molecule has 2 N–H and O–H groups in total. The molecule has 1 amide bonds. The zero-order valence-electron chi connectivity index (χ0n) is 14.3. The Morgan fingerprint density at radius 1 is 1.27 bits per heavy atom. The summed E-state index contributed by atoms with van der Waals surface area (Å²) in [4.78, 5) is 42.0. The van der Waals surface area contributed by atoms with Gasteiger partial charge in [0.2, 0.25) is 5.91 Å². The van der Waals surface area contributed by atoms with Gasteiger partial charge in [0, 0.05) is 10.6 Å². The normalized spacial score (nSPS) is 10.8. The molecule has 1 aromatic carbocycles. The van der Waals surface area contributed by atoms with Crippen molar-refractivity contribution in [3.8, 4) is 0 Å². The molecular formula is C18H17N3O4S. The summed E-state index contributed by atoms with van der Waals surface area (Å²) >= 11 is 1.49. The quantitative estimate of drug-likeness (QED) is 0.718. The molecule has 26 heavy (non-hydrogen) atoms. The first-order valence-corrected chi connectivity index (χ1v) is 8.83. The van der Waals surface area contributed by atoms with E-state index in [2.05, 4.69) is 10.3 Å². The zero-order chi connectivity index (χ0) is 18.8. The fraction of sp³-hybridized carbons (Fsp3) is 0.222. The molecule has 0 aliphatic heterocycles. The van der Waals surface area contributed by atoms with Gasteiger partial charge in [-0.2, -0.15) is 0 Å². The predicted molar refractivity (Wildman–Crippen MR) is 100 cm³/mol. The van der Waals surface area contributed by atoms with E-state index in [1.807, 2.05) is 13.0 Å². The van der Waals surface area contributed by atoms with E-state index in [4.69, 9.17) is 5.11 Å². The minimum absolute atomic E-state index is 0.133. The van der Waals surface area contributed by atoms with Gasteiger partial charge in [-0.3, -0.25) is 14.2 Å². The number of fused-ring (bicyclic) bond motifs is 1. The van der Waals surface area contributed by atoms with Crippen molar-refractivity contribution < 1.29 is 14.7 Å². The summed E-state index contributed by atoms with van der Waals surface area (Å²) in [6.07, 6.45) is 0.826. The molecule has 2 aromatic heterocycles. The fourth-order valence-corrected chi connectivity index (χ4v) is 3.57. The van der Waals surface area contributed by atoms with Gasteiger partial charge >= 0.3 is 5.97 Å². The van der Waals surface area contributed by atoms with Crippen molar-refractivity contribution in [3.05, 3.63) is 57.0 Å². The first kappa shape index (κ1) is 17.8. The van der Waals surface area contributed by atoms with Crippen LogP contribution in [-0.4, -0.2) is 26.5 Å². The molecule has 0 aliphatic carbocycles. The van der Waals surface area contributed by atoms with E-state index in [0.29, 0.717) is 21.7 Å². The van der Waals surface area contributed by atoms with Crippen LogP contribution >= 0.6 is 11.3 Å². The molecule has 0 saturated heterocycles. The third-order valence-electron chi connectivity index (χ3n) is 3.96. The van der Waals surface area contributed by atoms with E-state index in [1.165, 1.54) is 40.2 Å². The Morgan fingerprint density at radius 3 is 2.58 bits per heavy atom. The number of aromatic carboxylic acids is 1. The lowest BCUT2D eigenvalue weighted by Gasteiger charge is -2.10. The predicted octanol–water partition coefficient (Wildman–Crippen LogP) is 2.67. The monoisotopic (exact) mass is 371 g/mol. The number of hydrogen-bond donors (Lipinski definition) is 2. The van der Waals surface area contributed by atoms with E-state index in [1.54, 1.807) is 6.92 Å². The Morgan fingerprint density at radius 2 is 1.96 bits per heavy atom. The molecular weight excluding hydrogens is 354 g/mol. The van der Waals surface area contributed by atoms with Crippen LogP contribution in [0.25, 0.3) is 10.2 Å². The smallest absolute Gasteiger partial charge is 0.335 e. The van der Waals surface area contributed by atoms with E-state index in [9.17, 15) is 14.4 Å². The maximum Gasteiger partial charge on any atom is 0.335 e. The fourth-order valence-electron chi connectivity index (χ4n) is 2.57. The number of aromatic nitrogens is 2. The van der Waals surface area contributed by atoms with Gasteiger partial charge in [-0.15, -0.1) is 11.3 Å². The van der Waals surface area contributed by atoms with Crippen LogP contribution in [0.3, 0.4) is 0 Å². The van der Waals surface area contributed by atoms with Crippen molar-refractivity contribution in [1.82, 2.24) is 9.55 Å². The summed E-state index contributed by atoms with van der Waals surface area (Å²) in [7, 11) is 0. The van der Waals surface area contributed by atoms with Gasteiger partial charge in [0.15, 0.2) is 0 Å². The number of rotatable bonds is 5. The van der Waals surface area contributed by atoms with Gasteiger partial charge in [-0.25, -0.2) is 9.78 Å². The summed E-state index contributed by atoms with van der Waals surface area (Å²) in [5.41, 5.74) is 0.359. The molecule has 0 unspecified atom stereocenters. The second-order valence-corrected chi connectivity index (χ2v) is 6.88. The molecule has 0 atom stereocenters. The van der Waals surface area contributed by atoms with Crippen molar-refractivity contribution in [1.29, 1.82) is 0 Å². The molecule has 3 rings (SSSR count). The number of carboxylic acids is 1. The number of amides is 1. The second kappa shape index (κ2) is 7.09. The number of hydrogen-bond acceptors (Lipinski definition) is 5. The zero-order valence-corrected chi connectivity index (χ0v) is 15.1. The molecule has 0 spiro atoms. The number of aryl methyl sites for hydroxylation is 2. The molecule has 8 heteroatoms. The minimum Gasteiger partial charge on any atom is -0.478 e. The highest BCUT2D eigenvalue weighted by atomic mass is 32.1. The summed E-state index contributed by atoms with van der Waals surface area (Å²) in [6.45, 7) is 3.55. The van der Waals surface area contributed by atoms with Crippen molar-refractivity contribution in [2.24, 2.45) is 0 Å². The highest BCUT2D eigenvalue weighted by Gasteiger charge is 2.14. The van der Waals surface area contributed by atoms with Crippen molar-refractivity contribution in [2.45, 2.75) is 26.8 Å². The topological polar surface area (TPSA) is 101 Å². The number of carbonyl (C=O) groups is 2. The minimum atomic E-state index is -1.04. The number of carboxylic acid groups (broad SMARTS) is 1. The Balaban J connectivity index is 1.82. The molecule has 0 fully saturated rings. The van der Waals surface area contributed by atoms with Crippen molar-refractivity contribution in [3.63, 3.8) is 0 Å². The average molecular weight is 371 g/mol. The highest BCUT2D eigenvalue weighted by molar-refractivity contribution is 7.18. The molecule has 0 saturated carbocycles. The molecule has 0 bridgehead atoms. The SMILES string of the molecule is CCc1cc2c(=O)n(CC(=O)Nc3ccc(C(=O)O)cc3)c(C)nc2s1. The van der Waals surface area contributed by atoms with Gasteiger partial charge in [-0.1, -0.05) is 6.92 Å².